The van der Waals surface area contributed by atoms with Crippen molar-refractivity contribution in [1.29, 1.82) is 0 Å². The van der Waals surface area contributed by atoms with Gasteiger partial charge in [0.1, 0.15) is 12.4 Å². The molecule has 4 nitrogen and oxygen atoms in total. The minimum Gasteiger partial charge on any atom is -0.487 e. The highest BCUT2D eigenvalue weighted by atomic mass is 35.5. The van der Waals surface area contributed by atoms with Gasteiger partial charge in [-0.3, -0.25) is 5.32 Å². The van der Waals surface area contributed by atoms with Crippen molar-refractivity contribution >= 4 is 23.4 Å². The fourth-order valence-corrected chi connectivity index (χ4v) is 1.95. The quantitative estimate of drug-likeness (QED) is 0.885. The number of anilines is 1. The van der Waals surface area contributed by atoms with E-state index in [4.69, 9.17) is 21.1 Å². The van der Waals surface area contributed by atoms with Crippen molar-refractivity contribution in [3.8, 4) is 5.75 Å². The SMILES string of the molecule is CCOC(=O)Nc1ccc(OCc2ccccc2)c(Cl)c1. The summed E-state index contributed by atoms with van der Waals surface area (Å²) in [5, 5.41) is 3.01. The Balaban J connectivity index is 1.97. The third-order valence-corrected chi connectivity index (χ3v) is 2.99. The van der Waals surface area contributed by atoms with E-state index in [2.05, 4.69) is 5.32 Å². The Bertz CT molecular complexity index is 602. The fraction of sp³-hybridized carbons (Fsp3) is 0.188. The van der Waals surface area contributed by atoms with Crippen molar-refractivity contribution in [2.24, 2.45) is 0 Å². The molecule has 110 valence electrons. The second-order valence-corrected chi connectivity index (χ2v) is 4.67. The van der Waals surface area contributed by atoms with Crippen LogP contribution in [0.3, 0.4) is 0 Å². The van der Waals surface area contributed by atoms with E-state index in [1.165, 1.54) is 0 Å². The molecule has 0 saturated heterocycles. The average molecular weight is 306 g/mol. The minimum absolute atomic E-state index is 0.317. The first-order valence-corrected chi connectivity index (χ1v) is 6.97. The second-order valence-electron chi connectivity index (χ2n) is 4.26. The van der Waals surface area contributed by atoms with Crippen LogP contribution in [-0.4, -0.2) is 12.7 Å². The van der Waals surface area contributed by atoms with Crippen molar-refractivity contribution in [3.63, 3.8) is 0 Å². The zero-order chi connectivity index (χ0) is 15.1. The van der Waals surface area contributed by atoms with Gasteiger partial charge in [-0.1, -0.05) is 41.9 Å². The van der Waals surface area contributed by atoms with Gasteiger partial charge in [0.2, 0.25) is 0 Å². The summed E-state index contributed by atoms with van der Waals surface area (Å²) in [4.78, 5) is 11.3. The predicted molar refractivity (Wildman–Crippen MR) is 82.9 cm³/mol. The molecule has 0 fully saturated rings. The molecule has 0 aliphatic rings. The number of halogens is 1. The molecule has 0 saturated carbocycles. The van der Waals surface area contributed by atoms with Gasteiger partial charge in [-0.2, -0.15) is 0 Å². The van der Waals surface area contributed by atoms with E-state index in [-0.39, 0.29) is 0 Å². The molecule has 2 aromatic rings. The Hall–Kier alpha value is -2.20. The highest BCUT2D eigenvalue weighted by molar-refractivity contribution is 6.32. The van der Waals surface area contributed by atoms with Crippen LogP contribution in [0, 0.1) is 0 Å². The lowest BCUT2D eigenvalue weighted by Gasteiger charge is -2.10. The predicted octanol–water partition coefficient (Wildman–Crippen LogP) is 4.49. The molecule has 0 spiro atoms. The molecular formula is C16H16ClNO3. The van der Waals surface area contributed by atoms with Crippen molar-refractivity contribution in [2.75, 3.05) is 11.9 Å². The van der Waals surface area contributed by atoms with E-state index in [1.54, 1.807) is 25.1 Å². The van der Waals surface area contributed by atoms with Gasteiger partial charge >= 0.3 is 6.09 Å². The normalized spacial score (nSPS) is 10.0. The zero-order valence-electron chi connectivity index (χ0n) is 11.6. The van der Waals surface area contributed by atoms with Gasteiger partial charge in [0.15, 0.2) is 0 Å². The molecule has 0 heterocycles. The Kier molecular flexibility index (Phi) is 5.46. The van der Waals surface area contributed by atoms with Crippen molar-refractivity contribution < 1.29 is 14.3 Å². The number of carbonyl (C=O) groups excluding carboxylic acids is 1. The topological polar surface area (TPSA) is 47.6 Å². The van der Waals surface area contributed by atoms with Gasteiger partial charge < -0.3 is 9.47 Å². The van der Waals surface area contributed by atoms with Crippen molar-refractivity contribution in [3.05, 3.63) is 59.1 Å². The van der Waals surface area contributed by atoms with E-state index < -0.39 is 6.09 Å². The van der Waals surface area contributed by atoms with Crippen LogP contribution in [0.15, 0.2) is 48.5 Å². The molecule has 5 heteroatoms. The summed E-state index contributed by atoms with van der Waals surface area (Å²) in [5.41, 5.74) is 1.62. The summed E-state index contributed by atoms with van der Waals surface area (Å²) in [5.74, 6) is 0.565. The highest BCUT2D eigenvalue weighted by Crippen LogP contribution is 2.28. The van der Waals surface area contributed by atoms with Crippen LogP contribution in [0.4, 0.5) is 10.5 Å². The summed E-state index contributed by atoms with van der Waals surface area (Å²) < 4.78 is 10.5. The summed E-state index contributed by atoms with van der Waals surface area (Å²) in [6, 6.07) is 14.9. The molecule has 0 atom stereocenters. The van der Waals surface area contributed by atoms with Gasteiger partial charge in [-0.05, 0) is 30.7 Å². The Morgan fingerprint density at radius 1 is 1.19 bits per heavy atom. The third-order valence-electron chi connectivity index (χ3n) is 2.69. The summed E-state index contributed by atoms with van der Waals surface area (Å²) >= 11 is 6.14. The maximum Gasteiger partial charge on any atom is 0.411 e. The van der Waals surface area contributed by atoms with Crippen LogP contribution < -0.4 is 10.1 Å². The molecule has 21 heavy (non-hydrogen) atoms. The molecule has 0 bridgehead atoms. The largest absolute Gasteiger partial charge is 0.487 e. The van der Waals surface area contributed by atoms with Gasteiger partial charge in [-0.25, -0.2) is 4.79 Å². The first-order chi connectivity index (χ1) is 10.2. The molecule has 0 aliphatic heterocycles. The van der Waals surface area contributed by atoms with Crippen LogP contribution in [0.1, 0.15) is 12.5 Å². The van der Waals surface area contributed by atoms with Gasteiger partial charge in [-0.15, -0.1) is 0 Å². The van der Waals surface area contributed by atoms with Crippen molar-refractivity contribution in [2.45, 2.75) is 13.5 Å². The van der Waals surface area contributed by atoms with Crippen molar-refractivity contribution in [1.82, 2.24) is 0 Å². The first-order valence-electron chi connectivity index (χ1n) is 6.59. The smallest absolute Gasteiger partial charge is 0.411 e. The van der Waals surface area contributed by atoms with Gasteiger partial charge in [0.25, 0.3) is 0 Å². The number of rotatable bonds is 5. The molecule has 0 aliphatic carbocycles. The Labute approximate surface area is 128 Å². The summed E-state index contributed by atoms with van der Waals surface area (Å²) in [7, 11) is 0. The monoisotopic (exact) mass is 305 g/mol. The third kappa shape index (κ3) is 4.68. The van der Waals surface area contributed by atoms with Crippen LogP contribution in [0.25, 0.3) is 0 Å². The molecular weight excluding hydrogens is 290 g/mol. The first kappa shape index (κ1) is 15.2. The van der Waals surface area contributed by atoms with E-state index in [0.29, 0.717) is 29.7 Å². The minimum atomic E-state index is -0.508. The van der Waals surface area contributed by atoms with Crippen LogP contribution in [-0.2, 0) is 11.3 Å². The lowest BCUT2D eigenvalue weighted by atomic mass is 10.2. The highest BCUT2D eigenvalue weighted by Gasteiger charge is 2.06. The zero-order valence-corrected chi connectivity index (χ0v) is 12.4. The van der Waals surface area contributed by atoms with E-state index in [0.717, 1.165) is 5.56 Å². The average Bonchev–Trinajstić information content (AvgIpc) is 2.48. The molecule has 0 unspecified atom stereocenters. The Morgan fingerprint density at radius 3 is 2.62 bits per heavy atom. The maximum atomic E-state index is 11.3. The second kappa shape index (κ2) is 7.55. The molecule has 1 N–H and O–H groups in total. The van der Waals surface area contributed by atoms with E-state index >= 15 is 0 Å². The molecule has 1 amide bonds. The molecule has 0 aromatic heterocycles. The Morgan fingerprint density at radius 2 is 1.95 bits per heavy atom. The number of benzene rings is 2. The van der Waals surface area contributed by atoms with Crippen LogP contribution >= 0.6 is 11.6 Å². The number of hydrogen-bond donors (Lipinski definition) is 1. The summed E-state index contributed by atoms with van der Waals surface area (Å²) in [6.07, 6.45) is -0.508. The van der Waals surface area contributed by atoms with Gasteiger partial charge in [0, 0.05) is 5.69 Å². The lowest BCUT2D eigenvalue weighted by Crippen LogP contribution is -2.13. The van der Waals surface area contributed by atoms with Crippen LogP contribution in [0.2, 0.25) is 5.02 Å². The number of nitrogens with one attached hydrogen (secondary N) is 1. The number of ether oxygens (including phenoxy) is 2. The number of hydrogen-bond acceptors (Lipinski definition) is 3. The number of amides is 1. The maximum absolute atomic E-state index is 11.3. The van der Waals surface area contributed by atoms with Crippen LogP contribution in [0.5, 0.6) is 5.75 Å². The van der Waals surface area contributed by atoms with E-state index in [1.807, 2.05) is 30.3 Å². The lowest BCUT2D eigenvalue weighted by molar-refractivity contribution is 0.168. The van der Waals surface area contributed by atoms with Gasteiger partial charge in [0.05, 0.1) is 11.6 Å². The van der Waals surface area contributed by atoms with E-state index in [9.17, 15) is 4.79 Å². The number of carbonyl (C=O) groups is 1. The standard InChI is InChI=1S/C16H16ClNO3/c1-2-20-16(19)18-13-8-9-15(14(17)10-13)21-11-12-6-4-3-5-7-12/h3-10H,2,11H2,1H3,(H,18,19). The summed E-state index contributed by atoms with van der Waals surface area (Å²) in [6.45, 7) is 2.50. The fourth-order valence-electron chi connectivity index (χ4n) is 1.72. The molecule has 0 radical (unpaired) electrons. The molecule has 2 rings (SSSR count). The molecule has 2 aromatic carbocycles.